The third-order valence-electron chi connectivity index (χ3n) is 10.7. The Labute approximate surface area is 333 Å². The summed E-state index contributed by atoms with van der Waals surface area (Å²) in [5, 5.41) is 4.67. The van der Waals surface area contributed by atoms with E-state index in [0.717, 1.165) is 78.2 Å². The van der Waals surface area contributed by atoms with Crippen molar-refractivity contribution in [1.29, 1.82) is 0 Å². The van der Waals surface area contributed by atoms with Crippen molar-refractivity contribution in [3.63, 3.8) is 0 Å². The second-order valence-corrected chi connectivity index (χ2v) is 15.2. The summed E-state index contributed by atoms with van der Waals surface area (Å²) in [7, 11) is 0. The van der Waals surface area contributed by atoms with Crippen LogP contribution in [0.3, 0.4) is 0 Å². The fourth-order valence-electron chi connectivity index (χ4n) is 7.98. The summed E-state index contributed by atoms with van der Waals surface area (Å²) in [6.45, 7) is 0. The first kappa shape index (κ1) is 33.0. The van der Waals surface area contributed by atoms with E-state index in [0.29, 0.717) is 5.82 Å². The summed E-state index contributed by atoms with van der Waals surface area (Å²) >= 11 is 1.83. The Hall–Kier alpha value is -7.34. The van der Waals surface area contributed by atoms with Gasteiger partial charge in [0.1, 0.15) is 5.58 Å². The molecule has 0 spiro atoms. The average Bonchev–Trinajstić information content (AvgIpc) is 3.87. The number of fused-ring (bicyclic) bond motifs is 6. The monoisotopic (exact) mass is 747 g/mol. The van der Waals surface area contributed by atoms with Crippen LogP contribution in [0.1, 0.15) is 0 Å². The van der Waals surface area contributed by atoms with Crippen LogP contribution in [0, 0.1) is 0 Å². The Morgan fingerprint density at radius 1 is 0.421 bits per heavy atom. The van der Waals surface area contributed by atoms with Gasteiger partial charge in [-0.25, -0.2) is 9.97 Å². The molecule has 8 aromatic carbocycles. The van der Waals surface area contributed by atoms with Crippen molar-refractivity contribution in [2.45, 2.75) is 0 Å². The van der Waals surface area contributed by atoms with Crippen molar-refractivity contribution in [1.82, 2.24) is 9.97 Å². The predicted octanol–water partition coefficient (Wildman–Crippen LogP) is 14.9. The number of thiophene rings is 1. The molecule has 0 aliphatic carbocycles. The minimum atomic E-state index is 0.685. The molecule has 0 bridgehead atoms. The summed E-state index contributed by atoms with van der Waals surface area (Å²) in [6.07, 6.45) is 0. The fourth-order valence-corrected chi connectivity index (χ4v) is 9.06. The maximum atomic E-state index is 6.86. The van der Waals surface area contributed by atoms with Gasteiger partial charge in [-0.05, 0) is 65.7 Å². The standard InChI is InChI=1S/C52H33N3OS/c1-4-14-35(15-5-1)44-33-45(36-16-6-2-7-17-36)54-52(53-44)37-26-24-34(25-27-37)40-29-30-46(51-50(40)42-21-10-12-22-47(42)56-51)55(38-18-8-3-9-19-38)39-28-31-49-43(32-39)41-20-11-13-23-48(41)57-49/h1-33H. The van der Waals surface area contributed by atoms with Gasteiger partial charge in [0.25, 0.3) is 0 Å². The molecule has 0 fully saturated rings. The van der Waals surface area contributed by atoms with Crippen LogP contribution in [0.2, 0.25) is 0 Å². The number of para-hydroxylation sites is 2. The zero-order valence-corrected chi connectivity index (χ0v) is 31.5. The second-order valence-electron chi connectivity index (χ2n) is 14.2. The molecule has 0 unspecified atom stereocenters. The van der Waals surface area contributed by atoms with Gasteiger partial charge < -0.3 is 9.32 Å². The smallest absolute Gasteiger partial charge is 0.160 e. The van der Waals surface area contributed by atoms with Gasteiger partial charge in [-0.1, -0.05) is 146 Å². The lowest BCUT2D eigenvalue weighted by Crippen LogP contribution is -2.10. The van der Waals surface area contributed by atoms with Crippen LogP contribution < -0.4 is 4.90 Å². The van der Waals surface area contributed by atoms with Crippen molar-refractivity contribution in [3.8, 4) is 45.0 Å². The lowest BCUT2D eigenvalue weighted by Gasteiger charge is -2.26. The fraction of sp³-hybridized carbons (Fsp3) is 0. The molecule has 0 saturated heterocycles. The molecule has 268 valence electrons. The quantitative estimate of drug-likeness (QED) is 0.163. The second kappa shape index (κ2) is 13.7. The van der Waals surface area contributed by atoms with Crippen LogP contribution in [0.25, 0.3) is 87.1 Å². The molecular formula is C52H33N3OS. The van der Waals surface area contributed by atoms with Gasteiger partial charge in [0.05, 0.1) is 17.1 Å². The number of anilines is 3. The molecule has 0 aliphatic heterocycles. The van der Waals surface area contributed by atoms with E-state index in [1.807, 2.05) is 53.8 Å². The maximum Gasteiger partial charge on any atom is 0.160 e. The van der Waals surface area contributed by atoms with Crippen molar-refractivity contribution in [2.75, 3.05) is 4.90 Å². The van der Waals surface area contributed by atoms with E-state index in [2.05, 4.69) is 163 Å². The Bertz CT molecular complexity index is 3170. The molecule has 5 heteroatoms. The van der Waals surface area contributed by atoms with Gasteiger partial charge in [-0.2, -0.15) is 0 Å². The Balaban J connectivity index is 1.06. The number of aromatic nitrogens is 2. The first-order chi connectivity index (χ1) is 28.2. The Kier molecular flexibility index (Phi) is 7.97. The van der Waals surface area contributed by atoms with Crippen molar-refractivity contribution in [3.05, 3.63) is 200 Å². The van der Waals surface area contributed by atoms with Crippen LogP contribution in [-0.2, 0) is 0 Å². The number of nitrogens with zero attached hydrogens (tertiary/aromatic N) is 3. The van der Waals surface area contributed by atoms with Crippen LogP contribution >= 0.6 is 11.3 Å². The van der Waals surface area contributed by atoms with E-state index >= 15 is 0 Å². The number of furan rings is 1. The predicted molar refractivity (Wildman–Crippen MR) is 239 cm³/mol. The molecule has 4 nitrogen and oxygen atoms in total. The molecule has 0 N–H and O–H groups in total. The Morgan fingerprint density at radius 2 is 1.02 bits per heavy atom. The highest BCUT2D eigenvalue weighted by molar-refractivity contribution is 7.25. The molecule has 11 rings (SSSR count). The van der Waals surface area contributed by atoms with Gasteiger partial charge in [0.15, 0.2) is 11.4 Å². The van der Waals surface area contributed by atoms with Crippen molar-refractivity contribution >= 4 is 70.5 Å². The minimum Gasteiger partial charge on any atom is -0.454 e. The number of hydrogen-bond acceptors (Lipinski definition) is 5. The highest BCUT2D eigenvalue weighted by Gasteiger charge is 2.23. The topological polar surface area (TPSA) is 42.2 Å². The molecule has 57 heavy (non-hydrogen) atoms. The van der Waals surface area contributed by atoms with Gasteiger partial charge in [-0.15, -0.1) is 11.3 Å². The number of hydrogen-bond donors (Lipinski definition) is 0. The molecule has 3 heterocycles. The van der Waals surface area contributed by atoms with Crippen LogP contribution in [0.4, 0.5) is 17.1 Å². The largest absolute Gasteiger partial charge is 0.454 e. The van der Waals surface area contributed by atoms with Crippen molar-refractivity contribution < 1.29 is 4.42 Å². The molecule has 0 aliphatic rings. The van der Waals surface area contributed by atoms with Gasteiger partial charge >= 0.3 is 0 Å². The number of rotatable bonds is 7. The zero-order chi connectivity index (χ0) is 37.7. The summed E-state index contributed by atoms with van der Waals surface area (Å²) < 4.78 is 9.42. The first-order valence-corrected chi connectivity index (χ1v) is 19.9. The summed E-state index contributed by atoms with van der Waals surface area (Å²) in [6, 6.07) is 70.1. The van der Waals surface area contributed by atoms with E-state index in [1.165, 1.54) is 20.2 Å². The van der Waals surface area contributed by atoms with Gasteiger partial charge in [0, 0.05) is 59.0 Å². The lowest BCUT2D eigenvalue weighted by molar-refractivity contribution is 0.669. The normalized spacial score (nSPS) is 11.5. The molecule has 0 amide bonds. The van der Waals surface area contributed by atoms with Crippen LogP contribution in [-0.4, -0.2) is 9.97 Å². The number of benzene rings is 8. The van der Waals surface area contributed by atoms with Gasteiger partial charge in [0.2, 0.25) is 0 Å². The highest BCUT2D eigenvalue weighted by Crippen LogP contribution is 2.47. The van der Waals surface area contributed by atoms with Crippen molar-refractivity contribution in [2.24, 2.45) is 0 Å². The molecule has 0 atom stereocenters. The summed E-state index contributed by atoms with van der Waals surface area (Å²) in [5.74, 6) is 0.685. The molecule has 11 aromatic rings. The van der Waals surface area contributed by atoms with Crippen LogP contribution in [0.15, 0.2) is 205 Å². The Morgan fingerprint density at radius 3 is 1.74 bits per heavy atom. The average molecular weight is 748 g/mol. The minimum absolute atomic E-state index is 0.685. The maximum absolute atomic E-state index is 6.86. The molecular weight excluding hydrogens is 715 g/mol. The zero-order valence-electron chi connectivity index (χ0n) is 30.7. The van der Waals surface area contributed by atoms with E-state index in [4.69, 9.17) is 14.4 Å². The van der Waals surface area contributed by atoms with E-state index in [-0.39, 0.29) is 0 Å². The van der Waals surface area contributed by atoms with E-state index < -0.39 is 0 Å². The third-order valence-corrected chi connectivity index (χ3v) is 11.9. The van der Waals surface area contributed by atoms with Crippen LogP contribution in [0.5, 0.6) is 0 Å². The molecule has 0 saturated carbocycles. The molecule has 3 aromatic heterocycles. The lowest BCUT2D eigenvalue weighted by atomic mass is 9.97. The SMILES string of the molecule is c1ccc(-c2cc(-c3ccccc3)nc(-c3ccc(-c4ccc(N(c5ccccc5)c5ccc6sc7ccccc7c6c5)c5oc6ccccc6c45)cc3)n2)cc1. The highest BCUT2D eigenvalue weighted by atomic mass is 32.1. The van der Waals surface area contributed by atoms with Gasteiger partial charge in [-0.3, -0.25) is 0 Å². The summed E-state index contributed by atoms with van der Waals surface area (Å²) in [5.41, 5.74) is 11.8. The third kappa shape index (κ3) is 5.84. The van der Waals surface area contributed by atoms with E-state index in [9.17, 15) is 0 Å². The first-order valence-electron chi connectivity index (χ1n) is 19.1. The summed E-state index contributed by atoms with van der Waals surface area (Å²) in [4.78, 5) is 12.5. The van der Waals surface area contributed by atoms with E-state index in [1.54, 1.807) is 0 Å². The molecule has 0 radical (unpaired) electrons.